The molecular weight excluding hydrogens is 773 g/mol. The Morgan fingerprint density at radius 3 is 0.943 bits per heavy atom. The van der Waals surface area contributed by atoms with Gasteiger partial charge in [-0.1, -0.05) is 70.8 Å². The molecule has 1 aliphatic rings. The van der Waals surface area contributed by atoms with Crippen molar-refractivity contribution >= 4 is 40.5 Å². The predicted octanol–water partition coefficient (Wildman–Crippen LogP) is 4.32. The summed E-state index contributed by atoms with van der Waals surface area (Å²) < 4.78 is 141. The molecule has 0 radical (unpaired) electrons. The fourth-order valence-corrected chi connectivity index (χ4v) is 9.07. The Hall–Kier alpha value is -3.56. The molecule has 4 atom stereocenters. The van der Waals surface area contributed by atoms with E-state index in [2.05, 4.69) is 0 Å². The Labute approximate surface area is 310 Å². The topological polar surface area (TPSA) is 192 Å². The minimum atomic E-state index is -4.78. The Balaban J connectivity index is 1.57. The Morgan fingerprint density at radius 2 is 0.679 bits per heavy atom. The molecule has 1 heterocycles. The highest BCUT2D eigenvalue weighted by Crippen LogP contribution is 2.30. The van der Waals surface area contributed by atoms with Gasteiger partial charge in [-0.15, -0.1) is 0 Å². The lowest BCUT2D eigenvalue weighted by Crippen LogP contribution is -2.51. The first kappa shape index (κ1) is 40.6. The third kappa shape index (κ3) is 10.4. The smallest absolute Gasteiger partial charge is 0.297 e. The van der Waals surface area contributed by atoms with Crippen molar-refractivity contribution in [1.82, 2.24) is 0 Å². The number of hydrogen-bond acceptors (Lipinski definition) is 14. The number of hydrogen-bond donors (Lipinski definition) is 0. The van der Waals surface area contributed by atoms with Gasteiger partial charge in [-0.05, 0) is 76.2 Å². The van der Waals surface area contributed by atoms with Crippen molar-refractivity contribution in [2.45, 2.75) is 71.7 Å². The van der Waals surface area contributed by atoms with Crippen LogP contribution in [0.2, 0.25) is 0 Å². The van der Waals surface area contributed by atoms with E-state index in [9.17, 15) is 33.7 Å². The fraction of sp³-hybridized carbons (Fsp3) is 0.314. The summed E-state index contributed by atoms with van der Waals surface area (Å²) in [7, 11) is -18.5. The van der Waals surface area contributed by atoms with Crippen molar-refractivity contribution in [2.24, 2.45) is 0 Å². The monoisotopic (exact) mass is 810 g/mol. The van der Waals surface area contributed by atoms with Crippen LogP contribution < -0.4 is 0 Å². The van der Waals surface area contributed by atoms with E-state index in [-0.39, 0.29) is 19.6 Å². The van der Waals surface area contributed by atoms with Crippen LogP contribution >= 0.6 is 0 Å². The third-order valence-corrected chi connectivity index (χ3v) is 13.4. The maximum atomic E-state index is 13.8. The minimum absolute atomic E-state index is 0.222. The summed E-state index contributed by atoms with van der Waals surface area (Å²) in [6.07, 6.45) is -7.47. The van der Waals surface area contributed by atoms with Crippen molar-refractivity contribution in [3.05, 3.63) is 119 Å². The SMILES string of the molecule is Cc1ccc(S(=O)(=O)OC[C@@H]2OCO[C@@H](COS(=O)(=O)c3ccc(C)cc3)[C@@H](OS(=O)(=O)c3ccc(C)cc3)[C@H]2OS(=O)(=O)c2ccc(C)cc2)cc1. The van der Waals surface area contributed by atoms with Crippen LogP contribution in [0.5, 0.6) is 0 Å². The van der Waals surface area contributed by atoms with Gasteiger partial charge < -0.3 is 9.47 Å². The molecule has 0 amide bonds. The molecule has 0 spiro atoms. The van der Waals surface area contributed by atoms with E-state index in [0.717, 1.165) is 22.3 Å². The summed E-state index contributed by atoms with van der Waals surface area (Å²) >= 11 is 0. The molecular formula is C35H38O14S4. The van der Waals surface area contributed by atoms with Crippen molar-refractivity contribution in [2.75, 3.05) is 20.0 Å². The highest BCUT2D eigenvalue weighted by atomic mass is 32.2. The number of ether oxygens (including phenoxy) is 2. The van der Waals surface area contributed by atoms with E-state index >= 15 is 0 Å². The molecule has 53 heavy (non-hydrogen) atoms. The van der Waals surface area contributed by atoms with Gasteiger partial charge in [0, 0.05) is 0 Å². The van der Waals surface area contributed by atoms with Gasteiger partial charge in [-0.25, -0.2) is 0 Å². The van der Waals surface area contributed by atoms with Gasteiger partial charge in [0.2, 0.25) is 0 Å². The minimum Gasteiger partial charge on any atom is -0.347 e. The van der Waals surface area contributed by atoms with Gasteiger partial charge in [-0.2, -0.15) is 33.7 Å². The fourth-order valence-electron chi connectivity index (χ4n) is 5.02. The van der Waals surface area contributed by atoms with Gasteiger partial charge in [0.15, 0.2) is 0 Å². The van der Waals surface area contributed by atoms with Crippen LogP contribution in [-0.2, 0) is 66.7 Å². The van der Waals surface area contributed by atoms with Crippen LogP contribution in [0.3, 0.4) is 0 Å². The lowest BCUT2D eigenvalue weighted by molar-refractivity contribution is -0.117. The first-order valence-corrected chi connectivity index (χ1v) is 21.6. The molecule has 4 aromatic carbocycles. The summed E-state index contributed by atoms with van der Waals surface area (Å²) in [4.78, 5) is -1.12. The first-order valence-electron chi connectivity index (χ1n) is 16.0. The van der Waals surface area contributed by atoms with Crippen molar-refractivity contribution in [3.8, 4) is 0 Å². The van der Waals surface area contributed by atoms with Crippen molar-refractivity contribution in [1.29, 1.82) is 0 Å². The molecule has 0 unspecified atom stereocenters. The Morgan fingerprint density at radius 1 is 0.434 bits per heavy atom. The molecule has 18 heteroatoms. The molecule has 5 rings (SSSR count). The Kier molecular flexibility index (Phi) is 12.6. The van der Waals surface area contributed by atoms with E-state index < -0.39 is 84.9 Å². The summed E-state index contributed by atoms with van der Waals surface area (Å²) in [6.45, 7) is 4.40. The normalized spacial score (nSPS) is 20.2. The van der Waals surface area contributed by atoms with Gasteiger partial charge in [0.25, 0.3) is 40.5 Å². The molecule has 0 bridgehead atoms. The number of benzene rings is 4. The van der Waals surface area contributed by atoms with E-state index in [1.54, 1.807) is 52.0 Å². The van der Waals surface area contributed by atoms with Crippen LogP contribution in [0, 0.1) is 27.7 Å². The van der Waals surface area contributed by atoms with Gasteiger partial charge >= 0.3 is 0 Å². The largest absolute Gasteiger partial charge is 0.347 e. The molecule has 286 valence electrons. The van der Waals surface area contributed by atoms with Crippen molar-refractivity contribution < 1.29 is 59.9 Å². The standard InChI is InChI=1S/C35H38O14S4/c1-24-5-13-28(14-6-24)50(36,37)46-21-32-34(48-52(40,41)30-17-9-26(3)10-18-30)35(49-53(42,43)31-19-11-27(4)12-20-31)33(45-23-44-32)22-47-51(38,39)29-15-7-25(2)8-16-29/h5-20,32-35H,21-23H2,1-4H3/t32-,33-,34-,35+/m0/s1. The lowest BCUT2D eigenvalue weighted by Gasteiger charge is -2.32. The van der Waals surface area contributed by atoms with Crippen molar-refractivity contribution in [3.63, 3.8) is 0 Å². The molecule has 4 aromatic rings. The maximum absolute atomic E-state index is 13.8. The molecule has 0 aliphatic carbocycles. The average molecular weight is 811 g/mol. The van der Waals surface area contributed by atoms with Crippen LogP contribution in [0.25, 0.3) is 0 Å². The maximum Gasteiger partial charge on any atom is 0.297 e. The van der Waals surface area contributed by atoms with E-state index in [1.807, 2.05) is 0 Å². The zero-order chi connectivity index (χ0) is 38.6. The van der Waals surface area contributed by atoms with Gasteiger partial charge in [0.1, 0.15) is 31.2 Å². The second-order valence-corrected chi connectivity index (χ2v) is 18.7. The van der Waals surface area contributed by atoms with E-state index in [1.165, 1.54) is 72.8 Å². The van der Waals surface area contributed by atoms with Crippen LogP contribution in [-0.4, -0.2) is 78.1 Å². The molecule has 1 aliphatic heterocycles. The first-order chi connectivity index (χ1) is 24.9. The molecule has 0 N–H and O–H groups in total. The average Bonchev–Trinajstić information content (AvgIpc) is 3.25. The van der Waals surface area contributed by atoms with Gasteiger partial charge in [0.05, 0.1) is 32.8 Å². The second kappa shape index (κ2) is 16.4. The summed E-state index contributed by atoms with van der Waals surface area (Å²) in [5, 5.41) is 0. The molecule has 0 saturated carbocycles. The lowest BCUT2D eigenvalue weighted by atomic mass is 10.0. The zero-order valence-electron chi connectivity index (χ0n) is 29.0. The highest BCUT2D eigenvalue weighted by molar-refractivity contribution is 7.87. The third-order valence-electron chi connectivity index (χ3n) is 8.11. The molecule has 0 aromatic heterocycles. The molecule has 1 fully saturated rings. The van der Waals surface area contributed by atoms with E-state index in [4.69, 9.17) is 26.2 Å². The highest BCUT2D eigenvalue weighted by Gasteiger charge is 2.47. The predicted molar refractivity (Wildman–Crippen MR) is 190 cm³/mol. The van der Waals surface area contributed by atoms with Crippen LogP contribution in [0.4, 0.5) is 0 Å². The quantitative estimate of drug-likeness (QED) is 0.164. The summed E-state index contributed by atoms with van der Waals surface area (Å²) in [5.41, 5.74) is 2.99. The molecule has 1 saturated heterocycles. The number of aryl methyl sites for hydroxylation is 4. The van der Waals surface area contributed by atoms with Gasteiger partial charge in [-0.3, -0.25) is 16.7 Å². The van der Waals surface area contributed by atoms with E-state index in [0.29, 0.717) is 0 Å². The zero-order valence-corrected chi connectivity index (χ0v) is 32.3. The van der Waals surface area contributed by atoms with Crippen LogP contribution in [0.15, 0.2) is 117 Å². The van der Waals surface area contributed by atoms with Crippen LogP contribution in [0.1, 0.15) is 22.3 Å². The number of rotatable bonds is 14. The molecule has 14 nitrogen and oxygen atoms in total. The summed E-state index contributed by atoms with van der Waals surface area (Å²) in [6, 6.07) is 22.4. The second-order valence-electron chi connectivity index (χ2n) is 12.3. The Bertz CT molecular complexity index is 2140. The summed E-state index contributed by atoms with van der Waals surface area (Å²) in [5.74, 6) is 0.